The van der Waals surface area contributed by atoms with Gasteiger partial charge in [0.25, 0.3) is 0 Å². The minimum Gasteiger partial charge on any atom is -0.493 e. The molecule has 3 aromatic heterocycles. The first-order valence-corrected chi connectivity index (χ1v) is 11.1. The number of nitrogens with one attached hydrogen (secondary N) is 1. The highest BCUT2D eigenvalue weighted by Crippen LogP contribution is 2.38. The fraction of sp³-hybridized carbons (Fsp3) is 0.458. The molecular weight excluding hydrogens is 424 g/mol. The molecule has 2 aliphatic heterocycles. The molecule has 2 saturated heterocycles. The molecule has 174 valence electrons. The number of pyridine rings is 2. The number of hydrogen-bond donors (Lipinski definition) is 1. The van der Waals surface area contributed by atoms with Gasteiger partial charge in [-0.15, -0.1) is 0 Å². The zero-order valence-corrected chi connectivity index (χ0v) is 19.1. The first-order chi connectivity index (χ1) is 16.0. The zero-order valence-electron chi connectivity index (χ0n) is 19.1. The Morgan fingerprint density at radius 2 is 2.15 bits per heavy atom. The molecule has 9 heteroatoms. The number of fused-ring (bicyclic) bond motifs is 1. The molecule has 2 aliphatic rings. The van der Waals surface area contributed by atoms with E-state index in [1.165, 1.54) is 6.92 Å². The molecule has 3 aromatic rings. The van der Waals surface area contributed by atoms with Crippen LogP contribution in [0.3, 0.4) is 0 Å². The second kappa shape index (κ2) is 8.74. The molecule has 0 aromatic carbocycles. The molecule has 0 aliphatic carbocycles. The van der Waals surface area contributed by atoms with E-state index in [9.17, 15) is 4.79 Å². The molecule has 1 amide bonds. The van der Waals surface area contributed by atoms with Crippen molar-refractivity contribution in [1.82, 2.24) is 14.5 Å². The fourth-order valence-electron chi connectivity index (χ4n) is 4.30. The SMILES string of the molecule is CO[C@]1(c2cc(OCC3COC3)cc(-c3cn(C)c4cnc(NC(C)=O)cc34)n2)CCOC1. The van der Waals surface area contributed by atoms with Crippen LogP contribution in [0.1, 0.15) is 19.0 Å². The van der Waals surface area contributed by atoms with E-state index in [-0.39, 0.29) is 5.91 Å². The van der Waals surface area contributed by atoms with Gasteiger partial charge in [-0.2, -0.15) is 0 Å². The summed E-state index contributed by atoms with van der Waals surface area (Å²) in [6.07, 6.45) is 4.50. The second-order valence-electron chi connectivity index (χ2n) is 8.71. The maximum Gasteiger partial charge on any atom is 0.222 e. The molecule has 0 bridgehead atoms. The average Bonchev–Trinajstić information content (AvgIpc) is 3.38. The zero-order chi connectivity index (χ0) is 23.0. The van der Waals surface area contributed by atoms with Gasteiger partial charge in [-0.1, -0.05) is 0 Å². The molecule has 0 radical (unpaired) electrons. The van der Waals surface area contributed by atoms with Crippen LogP contribution in [0.25, 0.3) is 22.2 Å². The molecule has 2 fully saturated rings. The summed E-state index contributed by atoms with van der Waals surface area (Å²) in [5.74, 6) is 1.47. The summed E-state index contributed by atoms with van der Waals surface area (Å²) in [7, 11) is 3.66. The van der Waals surface area contributed by atoms with Crippen molar-refractivity contribution in [3.05, 3.63) is 36.3 Å². The summed E-state index contributed by atoms with van der Waals surface area (Å²) in [5, 5.41) is 3.70. The van der Waals surface area contributed by atoms with Crippen molar-refractivity contribution < 1.29 is 23.7 Å². The van der Waals surface area contributed by atoms with Crippen molar-refractivity contribution in [2.24, 2.45) is 13.0 Å². The Morgan fingerprint density at radius 1 is 1.30 bits per heavy atom. The number of aromatic nitrogens is 3. The highest BCUT2D eigenvalue weighted by Gasteiger charge is 2.39. The highest BCUT2D eigenvalue weighted by atomic mass is 16.5. The quantitative estimate of drug-likeness (QED) is 0.589. The van der Waals surface area contributed by atoms with Crippen molar-refractivity contribution in [1.29, 1.82) is 0 Å². The lowest BCUT2D eigenvalue weighted by Crippen LogP contribution is -2.33. The number of nitrogens with zero attached hydrogens (tertiary/aromatic N) is 3. The Kier molecular flexibility index (Phi) is 5.77. The number of methoxy groups -OCH3 is 1. The number of aryl methyl sites for hydroxylation is 1. The minimum absolute atomic E-state index is 0.168. The lowest BCUT2D eigenvalue weighted by Gasteiger charge is -2.28. The van der Waals surface area contributed by atoms with E-state index in [4.69, 9.17) is 23.9 Å². The van der Waals surface area contributed by atoms with E-state index in [0.717, 1.165) is 53.2 Å². The fourth-order valence-corrected chi connectivity index (χ4v) is 4.30. The summed E-state index contributed by atoms with van der Waals surface area (Å²) in [6, 6.07) is 5.78. The predicted molar refractivity (Wildman–Crippen MR) is 122 cm³/mol. The Balaban J connectivity index is 1.60. The summed E-state index contributed by atoms with van der Waals surface area (Å²) in [6.45, 7) is 4.57. The number of carbonyl (C=O) groups is 1. The van der Waals surface area contributed by atoms with Crippen LogP contribution in [0.15, 0.2) is 30.6 Å². The van der Waals surface area contributed by atoms with Gasteiger partial charge in [0.15, 0.2) is 0 Å². The van der Waals surface area contributed by atoms with Crippen LogP contribution in [0.2, 0.25) is 0 Å². The largest absolute Gasteiger partial charge is 0.493 e. The van der Waals surface area contributed by atoms with Crippen LogP contribution in [-0.4, -0.2) is 60.6 Å². The molecule has 33 heavy (non-hydrogen) atoms. The summed E-state index contributed by atoms with van der Waals surface area (Å²) in [5.41, 5.74) is 2.80. The molecule has 5 rings (SSSR count). The van der Waals surface area contributed by atoms with Crippen molar-refractivity contribution in [3.63, 3.8) is 0 Å². The molecule has 0 unspecified atom stereocenters. The van der Waals surface area contributed by atoms with Crippen molar-refractivity contribution in [3.8, 4) is 17.0 Å². The first-order valence-electron chi connectivity index (χ1n) is 11.1. The van der Waals surface area contributed by atoms with Gasteiger partial charge in [0, 0.05) is 69.3 Å². The van der Waals surface area contributed by atoms with Crippen molar-refractivity contribution >= 4 is 22.6 Å². The lowest BCUT2D eigenvalue weighted by atomic mass is 9.96. The number of ether oxygens (including phenoxy) is 4. The number of hydrogen-bond acceptors (Lipinski definition) is 7. The van der Waals surface area contributed by atoms with Gasteiger partial charge < -0.3 is 28.8 Å². The van der Waals surface area contributed by atoms with Gasteiger partial charge in [-0.3, -0.25) is 4.79 Å². The first kappa shape index (κ1) is 21.8. The number of rotatable bonds is 7. The molecule has 1 N–H and O–H groups in total. The third kappa shape index (κ3) is 4.19. The van der Waals surface area contributed by atoms with E-state index >= 15 is 0 Å². The highest BCUT2D eigenvalue weighted by molar-refractivity contribution is 5.98. The van der Waals surface area contributed by atoms with E-state index in [1.807, 2.05) is 36.0 Å². The number of amides is 1. The average molecular weight is 453 g/mol. The van der Waals surface area contributed by atoms with E-state index in [2.05, 4.69) is 10.3 Å². The number of carbonyl (C=O) groups excluding carboxylic acids is 1. The van der Waals surface area contributed by atoms with Crippen LogP contribution >= 0.6 is 0 Å². The summed E-state index contributed by atoms with van der Waals surface area (Å²) >= 11 is 0. The standard InChI is InChI=1S/C24H28N4O5/c1-15(29)26-23-8-18-19(10-28(2)21(18)9-25-23)20-6-17(33-13-16-11-32-12-16)7-22(27-20)24(30-3)4-5-31-14-24/h6-10,16H,4-5,11-14H2,1-3H3,(H,25,26,29)/t24-/m1/s1. The Labute approximate surface area is 192 Å². The minimum atomic E-state index is -0.610. The molecular formula is C24H28N4O5. The van der Waals surface area contributed by atoms with E-state index < -0.39 is 5.60 Å². The van der Waals surface area contributed by atoms with Gasteiger partial charge in [-0.05, 0) is 6.07 Å². The number of anilines is 1. The summed E-state index contributed by atoms with van der Waals surface area (Å²) in [4.78, 5) is 20.9. The maximum absolute atomic E-state index is 11.6. The van der Waals surface area contributed by atoms with Gasteiger partial charge in [0.2, 0.25) is 5.91 Å². The molecule has 9 nitrogen and oxygen atoms in total. The van der Waals surface area contributed by atoms with Gasteiger partial charge in [0.05, 0.1) is 49.5 Å². The van der Waals surface area contributed by atoms with Crippen LogP contribution < -0.4 is 10.1 Å². The predicted octanol–water partition coefficient (Wildman–Crippen LogP) is 2.88. The smallest absolute Gasteiger partial charge is 0.222 e. The monoisotopic (exact) mass is 452 g/mol. The van der Waals surface area contributed by atoms with Gasteiger partial charge in [0.1, 0.15) is 17.2 Å². The lowest BCUT2D eigenvalue weighted by molar-refractivity contribution is -0.114. The normalized spacial score (nSPS) is 20.7. The second-order valence-corrected chi connectivity index (χ2v) is 8.71. The third-order valence-electron chi connectivity index (χ3n) is 6.29. The maximum atomic E-state index is 11.6. The van der Waals surface area contributed by atoms with Crippen molar-refractivity contribution in [2.75, 3.05) is 45.5 Å². The van der Waals surface area contributed by atoms with Gasteiger partial charge in [-0.25, -0.2) is 9.97 Å². The van der Waals surface area contributed by atoms with Crippen LogP contribution in [0.5, 0.6) is 5.75 Å². The van der Waals surface area contributed by atoms with Crippen LogP contribution in [0, 0.1) is 5.92 Å². The topological polar surface area (TPSA) is 96.7 Å². The van der Waals surface area contributed by atoms with E-state index in [1.54, 1.807) is 13.3 Å². The van der Waals surface area contributed by atoms with Crippen LogP contribution in [0.4, 0.5) is 5.82 Å². The third-order valence-corrected chi connectivity index (χ3v) is 6.29. The van der Waals surface area contributed by atoms with Crippen molar-refractivity contribution in [2.45, 2.75) is 18.9 Å². The molecule has 1 atom stereocenters. The van der Waals surface area contributed by atoms with Crippen LogP contribution in [-0.2, 0) is 31.7 Å². The Bertz CT molecular complexity index is 1180. The summed E-state index contributed by atoms with van der Waals surface area (Å²) < 4.78 is 25.0. The Hall–Kier alpha value is -3.01. The Morgan fingerprint density at radius 3 is 2.82 bits per heavy atom. The molecule has 5 heterocycles. The molecule has 0 spiro atoms. The molecule has 0 saturated carbocycles. The van der Waals surface area contributed by atoms with E-state index in [0.29, 0.717) is 31.6 Å². The van der Waals surface area contributed by atoms with Gasteiger partial charge >= 0.3 is 0 Å².